The summed E-state index contributed by atoms with van der Waals surface area (Å²) in [4.78, 5) is 23.0. The Hall–Kier alpha value is -3.03. The van der Waals surface area contributed by atoms with Gasteiger partial charge in [-0.3, -0.25) is 9.78 Å². The standard InChI is InChI=1S/C21H27N3O5/c1-4-26-17-11-15(12-18(27-5-2)20(17)28-6-3)21(25)24-10-7-16(14-24)29-19-13-22-8-9-23-19/h8-9,11-13,16H,4-7,10,14H2,1-3H3. The molecule has 1 unspecified atom stereocenters. The van der Waals surface area contributed by atoms with Crippen LogP contribution in [0.2, 0.25) is 0 Å². The van der Waals surface area contributed by atoms with Crippen molar-refractivity contribution >= 4 is 5.91 Å². The Morgan fingerprint density at radius 1 is 1.07 bits per heavy atom. The molecule has 1 saturated heterocycles. The van der Waals surface area contributed by atoms with Gasteiger partial charge in [-0.15, -0.1) is 0 Å². The van der Waals surface area contributed by atoms with Crippen molar-refractivity contribution in [2.75, 3.05) is 32.9 Å². The average Bonchev–Trinajstić information content (AvgIpc) is 3.19. The fourth-order valence-electron chi connectivity index (χ4n) is 3.22. The Bertz CT molecular complexity index is 788. The smallest absolute Gasteiger partial charge is 0.254 e. The fourth-order valence-corrected chi connectivity index (χ4v) is 3.22. The van der Waals surface area contributed by atoms with Gasteiger partial charge in [-0.1, -0.05) is 0 Å². The molecule has 156 valence electrons. The van der Waals surface area contributed by atoms with Crippen molar-refractivity contribution in [1.29, 1.82) is 0 Å². The summed E-state index contributed by atoms with van der Waals surface area (Å²) in [6, 6.07) is 3.44. The van der Waals surface area contributed by atoms with Crippen molar-refractivity contribution in [2.24, 2.45) is 0 Å². The average molecular weight is 401 g/mol. The van der Waals surface area contributed by atoms with Gasteiger partial charge in [0.25, 0.3) is 5.91 Å². The number of amides is 1. The Morgan fingerprint density at radius 3 is 2.34 bits per heavy atom. The first-order chi connectivity index (χ1) is 14.2. The Balaban J connectivity index is 1.77. The SMILES string of the molecule is CCOc1cc(C(=O)N2CCC(Oc3cnccn3)C2)cc(OCC)c1OCC. The molecule has 1 aliphatic heterocycles. The first-order valence-electron chi connectivity index (χ1n) is 9.94. The van der Waals surface area contributed by atoms with Gasteiger partial charge in [0.05, 0.1) is 32.6 Å². The lowest BCUT2D eigenvalue weighted by molar-refractivity contribution is 0.0770. The Kier molecular flexibility index (Phi) is 7.10. The van der Waals surface area contributed by atoms with Crippen LogP contribution in [-0.4, -0.2) is 59.8 Å². The number of benzene rings is 1. The van der Waals surface area contributed by atoms with Gasteiger partial charge in [-0.2, -0.15) is 0 Å². The molecule has 3 rings (SSSR count). The minimum absolute atomic E-state index is 0.0970. The van der Waals surface area contributed by atoms with Crippen molar-refractivity contribution in [1.82, 2.24) is 14.9 Å². The van der Waals surface area contributed by atoms with Crippen molar-refractivity contribution in [3.63, 3.8) is 0 Å². The summed E-state index contributed by atoms with van der Waals surface area (Å²) in [7, 11) is 0. The number of hydrogen-bond acceptors (Lipinski definition) is 7. The molecule has 1 aromatic carbocycles. The maximum Gasteiger partial charge on any atom is 0.254 e. The molecule has 2 aromatic rings. The molecule has 1 aliphatic rings. The molecule has 0 bridgehead atoms. The summed E-state index contributed by atoms with van der Waals surface area (Å²) in [5.41, 5.74) is 0.500. The van der Waals surface area contributed by atoms with Crippen LogP contribution in [0.15, 0.2) is 30.7 Å². The lowest BCUT2D eigenvalue weighted by Gasteiger charge is -2.20. The third-order valence-corrected chi connectivity index (χ3v) is 4.42. The minimum Gasteiger partial charge on any atom is -0.490 e. The van der Waals surface area contributed by atoms with Crippen LogP contribution in [0.1, 0.15) is 37.6 Å². The van der Waals surface area contributed by atoms with Crippen molar-refractivity contribution in [3.05, 3.63) is 36.3 Å². The van der Waals surface area contributed by atoms with Crippen molar-refractivity contribution in [3.8, 4) is 23.1 Å². The largest absolute Gasteiger partial charge is 0.490 e. The number of rotatable bonds is 9. The normalized spacial score (nSPS) is 15.8. The summed E-state index contributed by atoms with van der Waals surface area (Å²) >= 11 is 0. The van der Waals surface area contributed by atoms with Gasteiger partial charge in [0.15, 0.2) is 11.5 Å². The number of aromatic nitrogens is 2. The van der Waals surface area contributed by atoms with Crippen LogP contribution in [0.4, 0.5) is 0 Å². The summed E-state index contributed by atoms with van der Waals surface area (Å²) < 4.78 is 23.0. The highest BCUT2D eigenvalue weighted by molar-refractivity contribution is 5.96. The lowest BCUT2D eigenvalue weighted by Crippen LogP contribution is -2.31. The molecule has 1 atom stereocenters. The van der Waals surface area contributed by atoms with Crippen LogP contribution in [0.25, 0.3) is 0 Å². The molecule has 1 fully saturated rings. The molecule has 0 saturated carbocycles. The van der Waals surface area contributed by atoms with Crippen molar-refractivity contribution in [2.45, 2.75) is 33.3 Å². The van der Waals surface area contributed by atoms with E-state index in [-0.39, 0.29) is 12.0 Å². The summed E-state index contributed by atoms with van der Waals surface area (Å²) in [5.74, 6) is 1.91. The summed E-state index contributed by atoms with van der Waals surface area (Å²) in [6.07, 6.45) is 5.36. The van der Waals surface area contributed by atoms with Crippen LogP contribution in [-0.2, 0) is 0 Å². The number of likely N-dealkylation sites (tertiary alicyclic amines) is 1. The molecule has 1 aromatic heterocycles. The Morgan fingerprint density at radius 2 is 1.76 bits per heavy atom. The molecular weight excluding hydrogens is 374 g/mol. The van der Waals surface area contributed by atoms with Gasteiger partial charge in [-0.25, -0.2) is 4.98 Å². The maximum atomic E-state index is 13.1. The molecule has 29 heavy (non-hydrogen) atoms. The minimum atomic E-state index is -0.115. The van der Waals surface area contributed by atoms with E-state index in [1.54, 1.807) is 35.6 Å². The number of carbonyl (C=O) groups is 1. The predicted molar refractivity (Wildman–Crippen MR) is 107 cm³/mol. The van der Waals surface area contributed by atoms with E-state index in [9.17, 15) is 4.79 Å². The maximum absolute atomic E-state index is 13.1. The van der Waals surface area contributed by atoms with Gasteiger partial charge in [0.1, 0.15) is 6.10 Å². The summed E-state index contributed by atoms with van der Waals surface area (Å²) in [5, 5.41) is 0. The van der Waals surface area contributed by atoms with Crippen LogP contribution < -0.4 is 18.9 Å². The zero-order valence-electron chi connectivity index (χ0n) is 17.1. The first kappa shape index (κ1) is 20.7. The van der Waals surface area contributed by atoms with E-state index in [0.29, 0.717) is 61.6 Å². The fraction of sp³-hybridized carbons (Fsp3) is 0.476. The molecule has 1 amide bonds. The third kappa shape index (κ3) is 5.07. The zero-order valence-corrected chi connectivity index (χ0v) is 17.1. The number of carbonyl (C=O) groups excluding carboxylic acids is 1. The molecule has 0 aliphatic carbocycles. The van der Waals surface area contributed by atoms with Gasteiger partial charge >= 0.3 is 0 Å². The second kappa shape index (κ2) is 9.95. The first-order valence-corrected chi connectivity index (χ1v) is 9.94. The number of ether oxygens (including phenoxy) is 4. The lowest BCUT2D eigenvalue weighted by atomic mass is 10.1. The molecular formula is C21H27N3O5. The Labute approximate surface area is 170 Å². The predicted octanol–water partition coefficient (Wildman–Crippen LogP) is 2.97. The highest BCUT2D eigenvalue weighted by Crippen LogP contribution is 2.39. The van der Waals surface area contributed by atoms with Gasteiger partial charge in [-0.05, 0) is 32.9 Å². The van der Waals surface area contributed by atoms with Crippen molar-refractivity contribution < 1.29 is 23.7 Å². The second-order valence-corrected chi connectivity index (χ2v) is 6.42. The molecule has 0 radical (unpaired) electrons. The highest BCUT2D eigenvalue weighted by atomic mass is 16.5. The number of hydrogen-bond donors (Lipinski definition) is 0. The monoisotopic (exact) mass is 401 g/mol. The van der Waals surface area contributed by atoms with E-state index < -0.39 is 0 Å². The van der Waals surface area contributed by atoms with E-state index in [1.807, 2.05) is 20.8 Å². The molecule has 8 heteroatoms. The van der Waals surface area contributed by atoms with Crippen LogP contribution >= 0.6 is 0 Å². The second-order valence-electron chi connectivity index (χ2n) is 6.42. The highest BCUT2D eigenvalue weighted by Gasteiger charge is 2.30. The van der Waals surface area contributed by atoms with E-state index in [1.165, 1.54) is 0 Å². The quantitative estimate of drug-likeness (QED) is 0.639. The number of nitrogens with zero attached hydrogens (tertiary/aromatic N) is 3. The van der Waals surface area contributed by atoms with Gasteiger partial charge in [0.2, 0.25) is 11.6 Å². The molecule has 8 nitrogen and oxygen atoms in total. The molecule has 0 N–H and O–H groups in total. The third-order valence-electron chi connectivity index (χ3n) is 4.42. The van der Waals surface area contributed by atoms with Crippen LogP contribution in [0, 0.1) is 0 Å². The van der Waals surface area contributed by atoms with E-state index in [2.05, 4.69) is 9.97 Å². The summed E-state index contributed by atoms with van der Waals surface area (Å²) in [6.45, 7) is 8.15. The van der Waals surface area contributed by atoms with E-state index in [4.69, 9.17) is 18.9 Å². The van der Waals surface area contributed by atoms with Crippen LogP contribution in [0.5, 0.6) is 23.1 Å². The topological polar surface area (TPSA) is 83.0 Å². The molecule has 2 heterocycles. The molecule has 0 spiro atoms. The van der Waals surface area contributed by atoms with E-state index >= 15 is 0 Å². The van der Waals surface area contributed by atoms with Gasteiger partial charge < -0.3 is 23.8 Å². The zero-order chi connectivity index (χ0) is 20.6. The van der Waals surface area contributed by atoms with E-state index in [0.717, 1.165) is 6.42 Å². The van der Waals surface area contributed by atoms with Crippen LogP contribution in [0.3, 0.4) is 0 Å². The van der Waals surface area contributed by atoms with Gasteiger partial charge in [0, 0.05) is 30.9 Å².